The SMILES string of the molecule is Cc1ccc2[nH]nc(C(=O)N3CCC(C(O)c4ccccc4)CC3)c2c1. The van der Waals surface area contributed by atoms with Crippen molar-refractivity contribution in [2.24, 2.45) is 5.92 Å². The van der Waals surface area contributed by atoms with E-state index in [9.17, 15) is 9.90 Å². The smallest absolute Gasteiger partial charge is 0.274 e. The Labute approximate surface area is 152 Å². The molecule has 0 saturated carbocycles. The highest BCUT2D eigenvalue weighted by Gasteiger charge is 2.30. The van der Waals surface area contributed by atoms with E-state index in [1.54, 1.807) is 0 Å². The number of aromatic amines is 1. The van der Waals surface area contributed by atoms with Crippen LogP contribution in [0, 0.1) is 12.8 Å². The molecule has 0 aliphatic carbocycles. The lowest BCUT2D eigenvalue weighted by Crippen LogP contribution is -2.40. The lowest BCUT2D eigenvalue weighted by Gasteiger charge is -2.34. The maximum Gasteiger partial charge on any atom is 0.274 e. The van der Waals surface area contributed by atoms with Crippen LogP contribution < -0.4 is 0 Å². The molecule has 1 unspecified atom stereocenters. The quantitative estimate of drug-likeness (QED) is 0.761. The Morgan fingerprint density at radius 3 is 2.65 bits per heavy atom. The molecule has 26 heavy (non-hydrogen) atoms. The van der Waals surface area contributed by atoms with Crippen molar-refractivity contribution in [1.29, 1.82) is 0 Å². The summed E-state index contributed by atoms with van der Waals surface area (Å²) in [5.74, 6) is 0.147. The van der Waals surface area contributed by atoms with E-state index >= 15 is 0 Å². The van der Waals surface area contributed by atoms with Crippen LogP contribution in [0.5, 0.6) is 0 Å². The Bertz CT molecular complexity index is 911. The van der Waals surface area contributed by atoms with E-state index in [1.807, 2.05) is 60.4 Å². The van der Waals surface area contributed by atoms with E-state index in [4.69, 9.17) is 0 Å². The number of aryl methyl sites for hydroxylation is 1. The van der Waals surface area contributed by atoms with E-state index in [2.05, 4.69) is 10.2 Å². The Hall–Kier alpha value is -2.66. The molecule has 0 spiro atoms. The summed E-state index contributed by atoms with van der Waals surface area (Å²) in [5, 5.41) is 18.7. The summed E-state index contributed by atoms with van der Waals surface area (Å²) in [5.41, 5.74) is 3.43. The second-order valence-corrected chi connectivity index (χ2v) is 7.11. The molecule has 1 aliphatic rings. The first-order valence-electron chi connectivity index (χ1n) is 9.10. The number of rotatable bonds is 3. The summed E-state index contributed by atoms with van der Waals surface area (Å²) in [6.45, 7) is 3.30. The van der Waals surface area contributed by atoms with E-state index in [0.717, 1.165) is 34.9 Å². The summed E-state index contributed by atoms with van der Waals surface area (Å²) in [4.78, 5) is 14.8. The molecule has 0 bridgehead atoms. The molecule has 134 valence electrons. The van der Waals surface area contributed by atoms with Crippen molar-refractivity contribution in [2.75, 3.05) is 13.1 Å². The van der Waals surface area contributed by atoms with Gasteiger partial charge in [-0.3, -0.25) is 9.89 Å². The molecule has 4 rings (SSSR count). The van der Waals surface area contributed by atoms with Crippen LogP contribution in [0.2, 0.25) is 0 Å². The van der Waals surface area contributed by atoms with Crippen LogP contribution in [-0.4, -0.2) is 39.2 Å². The number of fused-ring (bicyclic) bond motifs is 1. The maximum absolute atomic E-state index is 12.9. The number of carbonyl (C=O) groups excluding carboxylic acids is 1. The highest BCUT2D eigenvalue weighted by Crippen LogP contribution is 2.31. The Balaban J connectivity index is 1.46. The zero-order valence-electron chi connectivity index (χ0n) is 14.9. The molecule has 2 N–H and O–H groups in total. The minimum Gasteiger partial charge on any atom is -0.388 e. The van der Waals surface area contributed by atoms with Crippen molar-refractivity contribution in [3.8, 4) is 0 Å². The number of likely N-dealkylation sites (tertiary alicyclic amines) is 1. The number of benzene rings is 2. The normalized spacial score (nSPS) is 16.8. The first-order chi connectivity index (χ1) is 12.6. The molecule has 1 fully saturated rings. The molecule has 0 radical (unpaired) electrons. The number of nitrogens with one attached hydrogen (secondary N) is 1. The van der Waals surface area contributed by atoms with Gasteiger partial charge in [0.15, 0.2) is 5.69 Å². The molecule has 2 aromatic carbocycles. The number of aromatic nitrogens is 2. The molecule has 2 heterocycles. The molecule has 1 atom stereocenters. The maximum atomic E-state index is 12.9. The van der Waals surface area contributed by atoms with Crippen LogP contribution in [-0.2, 0) is 0 Å². The molecule has 1 amide bonds. The van der Waals surface area contributed by atoms with E-state index in [-0.39, 0.29) is 11.8 Å². The third kappa shape index (κ3) is 3.10. The number of H-pyrrole nitrogens is 1. The summed E-state index contributed by atoms with van der Waals surface area (Å²) in [6.07, 6.45) is 1.12. The number of hydrogen-bond donors (Lipinski definition) is 2. The van der Waals surface area contributed by atoms with Gasteiger partial charge >= 0.3 is 0 Å². The number of carbonyl (C=O) groups is 1. The average Bonchev–Trinajstić information content (AvgIpc) is 3.10. The largest absolute Gasteiger partial charge is 0.388 e. The zero-order chi connectivity index (χ0) is 18.1. The highest BCUT2D eigenvalue weighted by atomic mass is 16.3. The third-order valence-electron chi connectivity index (χ3n) is 5.34. The Kier molecular flexibility index (Phi) is 4.47. The third-order valence-corrected chi connectivity index (χ3v) is 5.34. The van der Waals surface area contributed by atoms with Crippen LogP contribution in [0.4, 0.5) is 0 Å². The summed E-state index contributed by atoms with van der Waals surface area (Å²) < 4.78 is 0. The van der Waals surface area contributed by atoms with E-state index in [1.165, 1.54) is 0 Å². The first-order valence-corrected chi connectivity index (χ1v) is 9.10. The van der Waals surface area contributed by atoms with Gasteiger partial charge in [-0.1, -0.05) is 42.0 Å². The van der Waals surface area contributed by atoms with Crippen molar-refractivity contribution in [2.45, 2.75) is 25.9 Å². The number of piperidine rings is 1. The van der Waals surface area contributed by atoms with Gasteiger partial charge in [-0.05, 0) is 43.4 Å². The van der Waals surface area contributed by atoms with Crippen molar-refractivity contribution < 1.29 is 9.90 Å². The minimum atomic E-state index is -0.470. The number of hydrogen-bond acceptors (Lipinski definition) is 3. The van der Waals surface area contributed by atoms with Crippen molar-refractivity contribution >= 4 is 16.8 Å². The van der Waals surface area contributed by atoms with Crippen LogP contribution in [0.15, 0.2) is 48.5 Å². The molecule has 5 nitrogen and oxygen atoms in total. The van der Waals surface area contributed by atoms with E-state index in [0.29, 0.717) is 18.8 Å². The van der Waals surface area contributed by atoms with Crippen LogP contribution in [0.25, 0.3) is 10.9 Å². The fourth-order valence-corrected chi connectivity index (χ4v) is 3.78. The fraction of sp³-hybridized carbons (Fsp3) is 0.333. The molecule has 3 aromatic rings. The zero-order valence-corrected chi connectivity index (χ0v) is 14.9. The van der Waals surface area contributed by atoms with Gasteiger partial charge in [-0.25, -0.2) is 0 Å². The first kappa shape index (κ1) is 16.8. The van der Waals surface area contributed by atoms with Gasteiger partial charge in [-0.15, -0.1) is 0 Å². The van der Waals surface area contributed by atoms with Crippen molar-refractivity contribution in [3.05, 3.63) is 65.4 Å². The minimum absolute atomic E-state index is 0.0329. The van der Waals surface area contributed by atoms with Crippen molar-refractivity contribution in [3.63, 3.8) is 0 Å². The molecule has 1 aliphatic heterocycles. The summed E-state index contributed by atoms with van der Waals surface area (Å²) in [6, 6.07) is 15.7. The summed E-state index contributed by atoms with van der Waals surface area (Å²) in [7, 11) is 0. The Morgan fingerprint density at radius 2 is 1.92 bits per heavy atom. The van der Waals surface area contributed by atoms with Gasteiger partial charge < -0.3 is 10.0 Å². The molecule has 1 saturated heterocycles. The van der Waals surface area contributed by atoms with Crippen LogP contribution >= 0.6 is 0 Å². The van der Waals surface area contributed by atoms with Crippen LogP contribution in [0.1, 0.15) is 40.6 Å². The molecule has 5 heteroatoms. The summed E-state index contributed by atoms with van der Waals surface area (Å²) >= 11 is 0. The lowest BCUT2D eigenvalue weighted by molar-refractivity contribution is 0.0460. The molecular formula is C21H23N3O2. The van der Waals surface area contributed by atoms with Crippen molar-refractivity contribution in [1.82, 2.24) is 15.1 Å². The second kappa shape index (κ2) is 6.92. The van der Waals surface area contributed by atoms with Gasteiger partial charge in [-0.2, -0.15) is 5.10 Å². The topological polar surface area (TPSA) is 69.2 Å². The van der Waals surface area contributed by atoms with Gasteiger partial charge in [0.25, 0.3) is 5.91 Å². The number of nitrogens with zero attached hydrogens (tertiary/aromatic N) is 2. The van der Waals surface area contributed by atoms with Gasteiger partial charge in [0.05, 0.1) is 11.6 Å². The number of aliphatic hydroxyl groups is 1. The average molecular weight is 349 g/mol. The van der Waals surface area contributed by atoms with E-state index < -0.39 is 6.10 Å². The standard InChI is InChI=1S/C21H23N3O2/c1-14-7-8-18-17(13-14)19(23-22-18)21(26)24-11-9-16(10-12-24)20(25)15-5-3-2-4-6-15/h2-8,13,16,20,25H,9-12H2,1H3,(H,22,23). The fourth-order valence-electron chi connectivity index (χ4n) is 3.78. The number of aliphatic hydroxyl groups excluding tert-OH is 1. The van der Waals surface area contributed by atoms with Crippen LogP contribution in [0.3, 0.4) is 0 Å². The lowest BCUT2D eigenvalue weighted by atomic mass is 9.87. The predicted octanol–water partition coefficient (Wildman–Crippen LogP) is 3.46. The monoisotopic (exact) mass is 349 g/mol. The van der Waals surface area contributed by atoms with Gasteiger partial charge in [0.1, 0.15) is 0 Å². The predicted molar refractivity (Wildman–Crippen MR) is 101 cm³/mol. The molecular weight excluding hydrogens is 326 g/mol. The highest BCUT2D eigenvalue weighted by molar-refractivity contribution is 6.04. The number of amides is 1. The Morgan fingerprint density at radius 1 is 1.19 bits per heavy atom. The molecule has 1 aromatic heterocycles. The van der Waals surface area contributed by atoms with Gasteiger partial charge in [0.2, 0.25) is 0 Å². The van der Waals surface area contributed by atoms with Gasteiger partial charge in [0, 0.05) is 18.5 Å². The second-order valence-electron chi connectivity index (χ2n) is 7.11.